The molecule has 30 heavy (non-hydrogen) atoms. The van der Waals surface area contributed by atoms with Crippen LogP contribution in [0.25, 0.3) is 17.0 Å². The molecule has 1 N–H and O–H groups in total. The SMILES string of the molecule is C=Cc1cc(F)c([C@@H]2c3[nH]c4ccccc4c3C[C@@H](C)N2CC23CC(C2)C3)c(F)c1. The lowest BCUT2D eigenvalue weighted by molar-refractivity contribution is -0.135. The highest BCUT2D eigenvalue weighted by molar-refractivity contribution is 5.85. The highest BCUT2D eigenvalue weighted by Crippen LogP contribution is 2.65. The van der Waals surface area contributed by atoms with Crippen molar-refractivity contribution in [1.29, 1.82) is 0 Å². The maximum Gasteiger partial charge on any atom is 0.131 e. The van der Waals surface area contributed by atoms with E-state index in [9.17, 15) is 0 Å². The molecule has 1 aromatic heterocycles. The molecule has 154 valence electrons. The van der Waals surface area contributed by atoms with Gasteiger partial charge in [0.1, 0.15) is 11.6 Å². The van der Waals surface area contributed by atoms with Crippen molar-refractivity contribution >= 4 is 17.0 Å². The van der Waals surface area contributed by atoms with Gasteiger partial charge in [0.15, 0.2) is 0 Å². The summed E-state index contributed by atoms with van der Waals surface area (Å²) in [4.78, 5) is 5.90. The topological polar surface area (TPSA) is 19.0 Å². The molecule has 3 aromatic rings. The molecule has 0 unspecified atom stereocenters. The van der Waals surface area contributed by atoms with Gasteiger partial charge in [0.25, 0.3) is 0 Å². The summed E-state index contributed by atoms with van der Waals surface area (Å²) < 4.78 is 30.7. The van der Waals surface area contributed by atoms with Gasteiger partial charge in [-0.2, -0.15) is 0 Å². The standard InChI is InChI=1S/C26H26F2N2/c1-3-16-9-20(27)23(21(28)10-16)25-24-19(18-6-4-5-7-22(18)29-24)8-15(2)30(25)14-26-11-17(12-26)13-26/h3-7,9-10,15,17,25,29H,1,8,11-14H2,2H3/t15-,17?,25-,26?/m1/s1. The van der Waals surface area contributed by atoms with Gasteiger partial charge in [-0.25, -0.2) is 8.78 Å². The molecule has 7 rings (SSSR count). The van der Waals surface area contributed by atoms with Gasteiger partial charge in [0.05, 0.1) is 6.04 Å². The number of para-hydroxylation sites is 1. The number of hydrogen-bond donors (Lipinski definition) is 1. The fourth-order valence-electron chi connectivity index (χ4n) is 6.29. The third kappa shape index (κ3) is 2.49. The first-order valence-electron chi connectivity index (χ1n) is 10.9. The first-order valence-corrected chi connectivity index (χ1v) is 10.9. The van der Waals surface area contributed by atoms with Gasteiger partial charge in [-0.15, -0.1) is 0 Å². The fraction of sp³-hybridized carbons (Fsp3) is 0.385. The zero-order chi connectivity index (χ0) is 20.6. The Morgan fingerprint density at radius 2 is 1.87 bits per heavy atom. The summed E-state index contributed by atoms with van der Waals surface area (Å²) in [5.41, 5.74) is 4.17. The van der Waals surface area contributed by atoms with Gasteiger partial charge in [-0.3, -0.25) is 4.90 Å². The molecule has 1 aliphatic heterocycles. The number of H-pyrrole nitrogens is 1. The predicted octanol–water partition coefficient (Wildman–Crippen LogP) is 6.23. The zero-order valence-corrected chi connectivity index (χ0v) is 17.2. The van der Waals surface area contributed by atoms with Gasteiger partial charge >= 0.3 is 0 Å². The van der Waals surface area contributed by atoms with Crippen LogP contribution >= 0.6 is 0 Å². The minimum atomic E-state index is -0.490. The van der Waals surface area contributed by atoms with Gasteiger partial charge in [-0.05, 0) is 73.3 Å². The van der Waals surface area contributed by atoms with Gasteiger partial charge in [0, 0.05) is 34.7 Å². The Labute approximate surface area is 175 Å². The number of rotatable bonds is 4. The summed E-state index contributed by atoms with van der Waals surface area (Å²) in [6.07, 6.45) is 6.19. The lowest BCUT2D eigenvalue weighted by Crippen LogP contribution is -2.60. The summed E-state index contributed by atoms with van der Waals surface area (Å²) in [5.74, 6) is -0.0973. The smallest absolute Gasteiger partial charge is 0.131 e. The summed E-state index contributed by atoms with van der Waals surface area (Å²) in [5, 5.41) is 1.16. The minimum absolute atomic E-state index is 0.159. The van der Waals surface area contributed by atoms with E-state index < -0.39 is 17.7 Å². The van der Waals surface area contributed by atoms with Crippen LogP contribution in [0.15, 0.2) is 43.0 Å². The van der Waals surface area contributed by atoms with Crippen molar-refractivity contribution in [2.24, 2.45) is 11.3 Å². The molecule has 4 heteroatoms. The first kappa shape index (κ1) is 18.3. The second-order valence-corrected chi connectivity index (χ2v) is 9.77. The van der Waals surface area contributed by atoms with E-state index in [0.29, 0.717) is 11.0 Å². The van der Waals surface area contributed by atoms with Crippen LogP contribution < -0.4 is 0 Å². The summed E-state index contributed by atoms with van der Waals surface area (Å²) >= 11 is 0. The average molecular weight is 405 g/mol. The summed E-state index contributed by atoms with van der Waals surface area (Å²) in [6, 6.07) is 10.8. The lowest BCUT2D eigenvalue weighted by atomic mass is 9.44. The second kappa shape index (κ2) is 6.27. The fourth-order valence-corrected chi connectivity index (χ4v) is 6.29. The van der Waals surface area contributed by atoms with E-state index >= 15 is 8.78 Å². The van der Waals surface area contributed by atoms with Crippen LogP contribution in [0.3, 0.4) is 0 Å². The largest absolute Gasteiger partial charge is 0.357 e. The molecule has 2 atom stereocenters. The average Bonchev–Trinajstić information content (AvgIpc) is 3.02. The number of aromatic nitrogens is 1. The Kier molecular flexibility index (Phi) is 3.83. The normalized spacial score (nSPS) is 29.9. The Morgan fingerprint density at radius 3 is 2.50 bits per heavy atom. The summed E-state index contributed by atoms with van der Waals surface area (Å²) in [7, 11) is 0. The number of hydrogen-bond acceptors (Lipinski definition) is 1. The molecular weight excluding hydrogens is 378 g/mol. The predicted molar refractivity (Wildman–Crippen MR) is 116 cm³/mol. The number of halogens is 2. The van der Waals surface area contributed by atoms with Crippen molar-refractivity contribution in [1.82, 2.24) is 9.88 Å². The quantitative estimate of drug-likeness (QED) is 0.546. The van der Waals surface area contributed by atoms with E-state index in [-0.39, 0.29) is 11.6 Å². The molecule has 0 spiro atoms. The molecule has 0 amide bonds. The number of benzene rings is 2. The van der Waals surface area contributed by atoms with Gasteiger partial charge < -0.3 is 4.98 Å². The molecule has 2 heterocycles. The van der Waals surface area contributed by atoms with E-state index in [2.05, 4.69) is 29.5 Å². The van der Waals surface area contributed by atoms with E-state index in [1.165, 1.54) is 43.0 Å². The van der Waals surface area contributed by atoms with Crippen LogP contribution in [0.5, 0.6) is 0 Å². The van der Waals surface area contributed by atoms with E-state index in [1.807, 2.05) is 18.2 Å². The van der Waals surface area contributed by atoms with Crippen molar-refractivity contribution in [2.75, 3.05) is 6.54 Å². The van der Waals surface area contributed by atoms with Gasteiger partial charge in [0.2, 0.25) is 0 Å². The van der Waals surface area contributed by atoms with Crippen molar-refractivity contribution in [3.63, 3.8) is 0 Å². The molecule has 2 bridgehead atoms. The molecule has 2 nitrogen and oxygen atoms in total. The minimum Gasteiger partial charge on any atom is -0.357 e. The number of nitrogens with zero attached hydrogens (tertiary/aromatic N) is 1. The van der Waals surface area contributed by atoms with Crippen LogP contribution in [0.1, 0.15) is 54.6 Å². The highest BCUT2D eigenvalue weighted by Gasteiger charge is 2.58. The third-order valence-electron chi connectivity index (χ3n) is 7.81. The molecule has 0 radical (unpaired) electrons. The molecule has 3 saturated carbocycles. The Bertz CT molecular complexity index is 1140. The Morgan fingerprint density at radius 1 is 1.17 bits per heavy atom. The van der Waals surface area contributed by atoms with Crippen LogP contribution in [0, 0.1) is 23.0 Å². The lowest BCUT2D eigenvalue weighted by Gasteiger charge is -2.64. The maximum atomic E-state index is 15.3. The summed E-state index contributed by atoms with van der Waals surface area (Å²) in [6.45, 7) is 6.78. The Balaban J connectivity index is 1.55. The number of nitrogens with one attached hydrogen (secondary N) is 1. The van der Waals surface area contributed by atoms with Crippen molar-refractivity contribution < 1.29 is 8.78 Å². The van der Waals surface area contributed by atoms with E-state index in [1.54, 1.807) is 0 Å². The van der Waals surface area contributed by atoms with Crippen molar-refractivity contribution in [2.45, 2.75) is 44.7 Å². The van der Waals surface area contributed by atoms with E-state index in [0.717, 1.165) is 35.5 Å². The molecule has 3 aliphatic carbocycles. The second-order valence-electron chi connectivity index (χ2n) is 9.77. The van der Waals surface area contributed by atoms with Crippen molar-refractivity contribution in [3.8, 4) is 0 Å². The van der Waals surface area contributed by atoms with Crippen LogP contribution in [0.4, 0.5) is 8.78 Å². The number of fused-ring (bicyclic) bond motifs is 3. The molecule has 0 saturated heterocycles. The first-order chi connectivity index (χ1) is 14.5. The molecule has 2 aromatic carbocycles. The Hall–Kier alpha value is -2.46. The maximum absolute atomic E-state index is 15.3. The van der Waals surface area contributed by atoms with Crippen LogP contribution in [-0.2, 0) is 6.42 Å². The van der Waals surface area contributed by atoms with Gasteiger partial charge in [-0.1, -0.05) is 30.9 Å². The van der Waals surface area contributed by atoms with E-state index in [4.69, 9.17) is 0 Å². The number of aromatic amines is 1. The zero-order valence-electron chi connectivity index (χ0n) is 17.2. The molecule has 3 fully saturated rings. The van der Waals surface area contributed by atoms with Crippen LogP contribution in [-0.4, -0.2) is 22.5 Å². The highest BCUT2D eigenvalue weighted by atomic mass is 19.1. The molecule has 4 aliphatic rings. The van der Waals surface area contributed by atoms with Crippen LogP contribution in [0.2, 0.25) is 0 Å². The van der Waals surface area contributed by atoms with Crippen molar-refractivity contribution in [3.05, 3.63) is 77.0 Å². The third-order valence-corrected chi connectivity index (χ3v) is 7.81. The monoisotopic (exact) mass is 404 g/mol. The molecular formula is C26H26F2N2.